The van der Waals surface area contributed by atoms with Crippen molar-refractivity contribution in [2.75, 3.05) is 18.4 Å². The van der Waals surface area contributed by atoms with Crippen molar-refractivity contribution in [2.24, 2.45) is 7.05 Å². The lowest BCUT2D eigenvalue weighted by Gasteiger charge is -2.24. The van der Waals surface area contributed by atoms with Crippen LogP contribution in [0.1, 0.15) is 43.1 Å². The Morgan fingerprint density at radius 2 is 1.76 bits per heavy atom. The van der Waals surface area contributed by atoms with Crippen molar-refractivity contribution in [1.29, 1.82) is 0 Å². The normalized spacial score (nSPS) is 15.9. The summed E-state index contributed by atoms with van der Waals surface area (Å²) in [5.41, 5.74) is 0.488. The zero-order valence-corrected chi connectivity index (χ0v) is 21.5. The van der Waals surface area contributed by atoms with Crippen LogP contribution in [0.2, 0.25) is 0 Å². The third-order valence-corrected chi connectivity index (χ3v) is 5.90. The van der Waals surface area contributed by atoms with Crippen molar-refractivity contribution in [3.63, 3.8) is 0 Å². The van der Waals surface area contributed by atoms with Gasteiger partial charge in [-0.2, -0.15) is 18.3 Å². The molecule has 1 aromatic heterocycles. The molecule has 1 aliphatic rings. The van der Waals surface area contributed by atoms with Gasteiger partial charge < -0.3 is 19.7 Å². The quantitative estimate of drug-likeness (QED) is 0.454. The van der Waals surface area contributed by atoms with Crippen LogP contribution in [-0.2, 0) is 18.0 Å². The average molecular weight is 531 g/mol. The van der Waals surface area contributed by atoms with Gasteiger partial charge in [0.05, 0.1) is 17.8 Å². The SMILES string of the molecule is Cn1nccc1-c1cc(NC(=O)c2ccc(C(F)(F)F)cc2)ccc1O[C@@H]1CCN(C(=O)OC(C)(C)C)C1. The number of nitrogens with one attached hydrogen (secondary N) is 1. The molecule has 1 aliphatic heterocycles. The molecule has 8 nitrogen and oxygen atoms in total. The molecule has 2 heterocycles. The number of amides is 2. The first-order valence-corrected chi connectivity index (χ1v) is 12.1. The van der Waals surface area contributed by atoms with E-state index in [0.29, 0.717) is 36.5 Å². The maximum absolute atomic E-state index is 12.8. The largest absolute Gasteiger partial charge is 0.488 e. The zero-order valence-electron chi connectivity index (χ0n) is 21.5. The van der Waals surface area contributed by atoms with Gasteiger partial charge in [0.2, 0.25) is 0 Å². The van der Waals surface area contributed by atoms with Gasteiger partial charge >= 0.3 is 12.3 Å². The van der Waals surface area contributed by atoms with E-state index in [0.717, 1.165) is 30.0 Å². The van der Waals surface area contributed by atoms with Crippen LogP contribution < -0.4 is 10.1 Å². The number of benzene rings is 2. The molecule has 3 aromatic rings. The summed E-state index contributed by atoms with van der Waals surface area (Å²) in [6.07, 6.45) is -2.88. The maximum Gasteiger partial charge on any atom is 0.416 e. The van der Waals surface area contributed by atoms with Gasteiger partial charge in [0.25, 0.3) is 5.91 Å². The highest BCUT2D eigenvalue weighted by molar-refractivity contribution is 6.04. The van der Waals surface area contributed by atoms with Crippen molar-refractivity contribution < 1.29 is 32.2 Å². The Balaban J connectivity index is 1.52. The summed E-state index contributed by atoms with van der Waals surface area (Å²) in [5.74, 6) is -0.00990. The molecule has 0 spiro atoms. The van der Waals surface area contributed by atoms with Crippen molar-refractivity contribution >= 4 is 17.7 Å². The smallest absolute Gasteiger partial charge is 0.416 e. The molecule has 2 amide bonds. The number of rotatable bonds is 5. The third-order valence-electron chi connectivity index (χ3n) is 5.90. The number of aromatic nitrogens is 2. The van der Waals surface area contributed by atoms with Crippen molar-refractivity contribution in [1.82, 2.24) is 14.7 Å². The van der Waals surface area contributed by atoms with Crippen molar-refractivity contribution in [3.05, 3.63) is 65.9 Å². The average Bonchev–Trinajstić information content (AvgIpc) is 3.47. The second-order valence-electron chi connectivity index (χ2n) is 10.0. The Hall–Kier alpha value is -4.02. The lowest BCUT2D eigenvalue weighted by molar-refractivity contribution is -0.137. The molecule has 11 heteroatoms. The first-order chi connectivity index (χ1) is 17.8. The monoisotopic (exact) mass is 530 g/mol. The van der Waals surface area contributed by atoms with Gasteiger partial charge in [0.1, 0.15) is 17.5 Å². The van der Waals surface area contributed by atoms with Crippen molar-refractivity contribution in [2.45, 2.75) is 45.1 Å². The lowest BCUT2D eigenvalue weighted by Crippen LogP contribution is -2.36. The van der Waals surface area contributed by atoms with Crippen LogP contribution in [0.25, 0.3) is 11.3 Å². The number of aryl methyl sites for hydroxylation is 1. The number of nitrogens with zero attached hydrogens (tertiary/aromatic N) is 3. The summed E-state index contributed by atoms with van der Waals surface area (Å²) in [6.45, 7) is 6.31. The summed E-state index contributed by atoms with van der Waals surface area (Å²) in [7, 11) is 1.77. The Labute approximate surface area is 218 Å². The first kappa shape index (κ1) is 27.0. The molecule has 1 N–H and O–H groups in total. The van der Waals surface area contributed by atoms with Gasteiger partial charge in [0, 0.05) is 43.0 Å². The van der Waals surface area contributed by atoms with Crippen LogP contribution in [0.4, 0.5) is 23.7 Å². The molecule has 38 heavy (non-hydrogen) atoms. The number of likely N-dealkylation sites (tertiary alicyclic amines) is 1. The number of halogens is 3. The van der Waals surface area contributed by atoms with Crippen LogP contribution in [0, 0.1) is 0 Å². The van der Waals surface area contributed by atoms with Gasteiger partial charge in [-0.05, 0) is 69.3 Å². The van der Waals surface area contributed by atoms with Crippen LogP contribution in [0.5, 0.6) is 5.75 Å². The molecule has 1 fully saturated rings. The summed E-state index contributed by atoms with van der Waals surface area (Å²) in [6, 6.07) is 10.9. The van der Waals surface area contributed by atoms with Crippen LogP contribution >= 0.6 is 0 Å². The predicted octanol–water partition coefficient (Wildman–Crippen LogP) is 5.75. The Kier molecular flexibility index (Phi) is 7.39. The highest BCUT2D eigenvalue weighted by Gasteiger charge is 2.32. The second-order valence-corrected chi connectivity index (χ2v) is 10.0. The minimum Gasteiger partial charge on any atom is -0.488 e. The van der Waals surface area contributed by atoms with E-state index in [2.05, 4.69) is 10.4 Å². The van der Waals surface area contributed by atoms with E-state index < -0.39 is 29.3 Å². The number of carbonyl (C=O) groups excluding carboxylic acids is 2. The van der Waals surface area contributed by atoms with E-state index in [1.165, 1.54) is 0 Å². The maximum atomic E-state index is 12.8. The van der Waals surface area contributed by atoms with E-state index in [4.69, 9.17) is 9.47 Å². The molecule has 0 radical (unpaired) electrons. The van der Waals surface area contributed by atoms with E-state index in [1.807, 2.05) is 20.8 Å². The van der Waals surface area contributed by atoms with Gasteiger partial charge in [-0.1, -0.05) is 0 Å². The van der Waals surface area contributed by atoms with Gasteiger partial charge in [-0.15, -0.1) is 0 Å². The Bertz CT molecular complexity index is 1310. The molecular weight excluding hydrogens is 501 g/mol. The summed E-state index contributed by atoms with van der Waals surface area (Å²) < 4.78 is 51.9. The minimum atomic E-state index is -4.48. The number of carbonyl (C=O) groups is 2. The summed E-state index contributed by atoms with van der Waals surface area (Å²) >= 11 is 0. The topological polar surface area (TPSA) is 85.7 Å². The molecule has 0 aliphatic carbocycles. The fourth-order valence-corrected chi connectivity index (χ4v) is 4.06. The van der Waals surface area contributed by atoms with Crippen molar-refractivity contribution in [3.8, 4) is 17.0 Å². The highest BCUT2D eigenvalue weighted by Crippen LogP contribution is 2.35. The Morgan fingerprint density at radius 3 is 2.37 bits per heavy atom. The van der Waals surface area contributed by atoms with Crippen LogP contribution in [0.15, 0.2) is 54.7 Å². The fraction of sp³-hybridized carbons (Fsp3) is 0.370. The number of anilines is 1. The van der Waals surface area contributed by atoms with E-state index >= 15 is 0 Å². The number of alkyl halides is 3. The first-order valence-electron chi connectivity index (χ1n) is 12.1. The standard InChI is InChI=1S/C27H29F3N4O4/c1-26(2,3)38-25(36)34-14-12-20(16-34)37-23-10-9-19(15-21(23)22-11-13-31-33(22)4)32-24(35)17-5-7-18(8-6-17)27(28,29)30/h5-11,13,15,20H,12,14,16H2,1-4H3,(H,32,35)/t20-/m1/s1. The second kappa shape index (κ2) is 10.4. The van der Waals surface area contributed by atoms with Gasteiger partial charge in [-0.25, -0.2) is 4.79 Å². The third kappa shape index (κ3) is 6.45. The lowest BCUT2D eigenvalue weighted by atomic mass is 10.1. The van der Waals surface area contributed by atoms with Crippen LogP contribution in [0.3, 0.4) is 0 Å². The number of hydrogen-bond donors (Lipinski definition) is 1. The predicted molar refractivity (Wildman–Crippen MR) is 135 cm³/mol. The Morgan fingerprint density at radius 1 is 1.05 bits per heavy atom. The molecular formula is C27H29F3N4O4. The van der Waals surface area contributed by atoms with E-state index in [9.17, 15) is 22.8 Å². The van der Waals surface area contributed by atoms with Crippen LogP contribution in [-0.4, -0.2) is 51.5 Å². The van der Waals surface area contributed by atoms with E-state index in [-0.39, 0.29) is 11.7 Å². The molecule has 1 saturated heterocycles. The molecule has 0 bridgehead atoms. The molecule has 4 rings (SSSR count). The summed E-state index contributed by atoms with van der Waals surface area (Å²) in [4.78, 5) is 26.8. The number of hydrogen-bond acceptors (Lipinski definition) is 5. The fourth-order valence-electron chi connectivity index (χ4n) is 4.06. The molecule has 0 saturated carbocycles. The molecule has 0 unspecified atom stereocenters. The molecule has 202 valence electrons. The van der Waals surface area contributed by atoms with E-state index in [1.54, 1.807) is 47.1 Å². The van der Waals surface area contributed by atoms with Gasteiger partial charge in [0.15, 0.2) is 0 Å². The minimum absolute atomic E-state index is 0.0913. The summed E-state index contributed by atoms with van der Waals surface area (Å²) in [5, 5.41) is 6.94. The van der Waals surface area contributed by atoms with Gasteiger partial charge in [-0.3, -0.25) is 9.48 Å². The number of ether oxygens (including phenoxy) is 2. The molecule has 1 atom stereocenters. The molecule has 2 aromatic carbocycles. The zero-order chi connectivity index (χ0) is 27.7. The highest BCUT2D eigenvalue weighted by atomic mass is 19.4.